The molecule has 1 amide bonds. The highest BCUT2D eigenvalue weighted by molar-refractivity contribution is 6.05. The van der Waals surface area contributed by atoms with E-state index in [0.717, 1.165) is 37.4 Å². The van der Waals surface area contributed by atoms with E-state index in [2.05, 4.69) is 22.3 Å². The van der Waals surface area contributed by atoms with E-state index in [-0.39, 0.29) is 12.2 Å². The van der Waals surface area contributed by atoms with E-state index < -0.39 is 24.0 Å². The van der Waals surface area contributed by atoms with Crippen LogP contribution in [0.15, 0.2) is 60.0 Å². The third-order valence-electron chi connectivity index (χ3n) is 6.38. The summed E-state index contributed by atoms with van der Waals surface area (Å²) < 4.78 is 34.8. The molecule has 5 rings (SSSR count). The van der Waals surface area contributed by atoms with Crippen LogP contribution < -0.4 is 10.4 Å². The number of fused-ring (bicyclic) bond motifs is 1. The van der Waals surface area contributed by atoms with Gasteiger partial charge < -0.3 is 14.5 Å². The van der Waals surface area contributed by atoms with Crippen LogP contribution in [0.3, 0.4) is 0 Å². The van der Waals surface area contributed by atoms with Gasteiger partial charge in [-0.1, -0.05) is 30.3 Å². The predicted octanol–water partition coefficient (Wildman–Crippen LogP) is 3.31. The number of halogens is 2. The van der Waals surface area contributed by atoms with Crippen LogP contribution in [0.1, 0.15) is 29.8 Å². The molecule has 2 unspecified atom stereocenters. The minimum atomic E-state index is -1.12. The van der Waals surface area contributed by atoms with E-state index in [1.165, 1.54) is 17.1 Å². The number of likely N-dealkylation sites (N-methyl/N-ethyl adjacent to an activating group) is 1. The topological polar surface area (TPSA) is 48.1 Å². The second-order valence-corrected chi connectivity index (χ2v) is 8.46. The third-order valence-corrected chi connectivity index (χ3v) is 6.38. The molecule has 0 radical (unpaired) electrons. The maximum atomic E-state index is 14.6. The van der Waals surface area contributed by atoms with Crippen LogP contribution >= 0.6 is 0 Å². The summed E-state index contributed by atoms with van der Waals surface area (Å²) in [5.41, 5.74) is 5.64. The Morgan fingerprint density at radius 1 is 1.03 bits per heavy atom. The maximum absolute atomic E-state index is 14.6. The summed E-state index contributed by atoms with van der Waals surface area (Å²) >= 11 is 0. The maximum Gasteiger partial charge on any atom is 0.309 e. The molecule has 0 spiro atoms. The molecule has 0 aromatic heterocycles. The number of anilines is 1. The van der Waals surface area contributed by atoms with Crippen molar-refractivity contribution in [2.75, 3.05) is 44.8 Å². The summed E-state index contributed by atoms with van der Waals surface area (Å²) in [6, 6.07) is 13.1. The summed E-state index contributed by atoms with van der Waals surface area (Å²) in [4.78, 5) is 17.9. The van der Waals surface area contributed by atoms with Gasteiger partial charge in [-0.05, 0) is 36.4 Å². The lowest BCUT2D eigenvalue weighted by atomic mass is 10.1. The number of ether oxygens (including phenoxy) is 1. The molecule has 1 N–H and O–H groups in total. The average Bonchev–Trinajstić information content (AvgIpc) is 3.11. The summed E-state index contributed by atoms with van der Waals surface area (Å²) in [7, 11) is 2.07. The Labute approximate surface area is 186 Å². The lowest BCUT2D eigenvalue weighted by Crippen LogP contribution is -2.54. The minimum absolute atomic E-state index is 0.166. The Hall–Kier alpha value is -2.97. The number of benzene rings is 2. The van der Waals surface area contributed by atoms with E-state index in [4.69, 9.17) is 4.74 Å². The molecule has 1 aliphatic carbocycles. The van der Waals surface area contributed by atoms with Crippen LogP contribution in [0.5, 0.6) is 0 Å². The molecule has 1 saturated heterocycles. The number of nitrogens with one attached hydrogen (secondary N) is 1. The molecule has 1 fully saturated rings. The zero-order valence-corrected chi connectivity index (χ0v) is 17.9. The van der Waals surface area contributed by atoms with Gasteiger partial charge in [-0.15, -0.1) is 0 Å². The highest BCUT2D eigenvalue weighted by Gasteiger charge is 2.38. The number of alkyl halides is 1. The van der Waals surface area contributed by atoms with Crippen LogP contribution in [0, 0.1) is 5.82 Å². The van der Waals surface area contributed by atoms with Gasteiger partial charge in [0.1, 0.15) is 18.1 Å². The van der Waals surface area contributed by atoms with Crippen molar-refractivity contribution >= 4 is 11.6 Å². The van der Waals surface area contributed by atoms with Gasteiger partial charge in [0.2, 0.25) is 5.76 Å². The van der Waals surface area contributed by atoms with E-state index in [1.807, 2.05) is 18.2 Å². The number of rotatable bonds is 4. The Morgan fingerprint density at radius 2 is 1.78 bits per heavy atom. The third kappa shape index (κ3) is 3.84. The molecular weight excluding hydrogens is 414 g/mol. The Bertz CT molecular complexity index is 1050. The van der Waals surface area contributed by atoms with Crippen molar-refractivity contribution in [1.82, 2.24) is 15.2 Å². The summed E-state index contributed by atoms with van der Waals surface area (Å²) in [6.07, 6.45) is -1.50. The van der Waals surface area contributed by atoms with E-state index in [9.17, 15) is 13.6 Å². The Kier molecular flexibility index (Phi) is 5.57. The zero-order chi connectivity index (χ0) is 22.2. The van der Waals surface area contributed by atoms with Crippen LogP contribution in [0.25, 0.3) is 0 Å². The molecule has 3 aliphatic rings. The van der Waals surface area contributed by atoms with Crippen molar-refractivity contribution in [3.8, 4) is 0 Å². The van der Waals surface area contributed by atoms with Crippen molar-refractivity contribution in [3.05, 3.63) is 76.9 Å². The largest absolute Gasteiger partial charge is 0.478 e. The van der Waals surface area contributed by atoms with Crippen LogP contribution in [0.4, 0.5) is 14.5 Å². The lowest BCUT2D eigenvalue weighted by molar-refractivity contribution is -0.121. The van der Waals surface area contributed by atoms with Crippen LogP contribution in [-0.2, 0) is 9.53 Å². The molecule has 2 aliphatic heterocycles. The number of piperazine rings is 1. The fourth-order valence-corrected chi connectivity index (χ4v) is 4.59. The number of hydrogen-bond acceptors (Lipinski definition) is 5. The highest BCUT2D eigenvalue weighted by Crippen LogP contribution is 2.44. The van der Waals surface area contributed by atoms with Gasteiger partial charge in [-0.2, -0.15) is 0 Å². The Morgan fingerprint density at radius 3 is 2.53 bits per heavy atom. The molecule has 2 aromatic rings. The van der Waals surface area contributed by atoms with Gasteiger partial charge in [0, 0.05) is 32.6 Å². The first-order valence-electron chi connectivity index (χ1n) is 10.9. The lowest BCUT2D eigenvalue weighted by Gasteiger charge is -2.40. The first kappa shape index (κ1) is 20.9. The number of hydrogen-bond donors (Lipinski definition) is 1. The molecule has 6 nitrogen and oxygen atoms in total. The monoisotopic (exact) mass is 440 g/mol. The van der Waals surface area contributed by atoms with Gasteiger partial charge in [0.15, 0.2) is 0 Å². The minimum Gasteiger partial charge on any atom is -0.478 e. The molecule has 32 heavy (non-hydrogen) atoms. The van der Waals surface area contributed by atoms with Crippen LogP contribution in [-0.4, -0.2) is 55.5 Å². The number of amides is 1. The smallest absolute Gasteiger partial charge is 0.309 e. The summed E-state index contributed by atoms with van der Waals surface area (Å²) in [6.45, 7) is 3.63. The molecule has 8 heteroatoms. The second kappa shape index (κ2) is 8.52. The van der Waals surface area contributed by atoms with Crippen molar-refractivity contribution in [1.29, 1.82) is 0 Å². The first-order chi connectivity index (χ1) is 15.5. The Balaban J connectivity index is 1.49. The zero-order valence-electron chi connectivity index (χ0n) is 17.9. The highest BCUT2D eigenvalue weighted by atomic mass is 19.1. The molecule has 0 bridgehead atoms. The first-order valence-corrected chi connectivity index (χ1v) is 10.9. The molecule has 2 atom stereocenters. The normalized spacial score (nSPS) is 24.2. The standard InChI is InChI=1S/C24H26F2N4O2/c1-28-9-11-29(12-10-28)21-15-27-30(17-6-4-5-16(25)13-17)24(31)23(21)32-22-14-20(26)18-7-2-3-8-19(18)22/h2-8,13,20,22,27H,9-12,14-15H2,1H3. The molecule has 0 saturated carbocycles. The SMILES string of the molecule is CN1CCN(C2=C(OC3CC(F)c4ccccc43)C(=O)N(c3cccc(F)c3)NC2)CC1. The number of carbonyl (C=O) groups excluding carboxylic acids is 1. The van der Waals surface area contributed by atoms with E-state index in [1.54, 1.807) is 18.2 Å². The van der Waals surface area contributed by atoms with Crippen molar-refractivity contribution in [3.63, 3.8) is 0 Å². The van der Waals surface area contributed by atoms with E-state index >= 15 is 0 Å². The number of hydrazine groups is 1. The molecule has 2 aromatic carbocycles. The van der Waals surface area contributed by atoms with Gasteiger partial charge in [0.05, 0.1) is 17.9 Å². The summed E-state index contributed by atoms with van der Waals surface area (Å²) in [5, 5.41) is 1.31. The van der Waals surface area contributed by atoms with Crippen molar-refractivity contribution in [2.24, 2.45) is 0 Å². The summed E-state index contributed by atoms with van der Waals surface area (Å²) in [5.74, 6) is -0.638. The van der Waals surface area contributed by atoms with Gasteiger partial charge in [0.25, 0.3) is 0 Å². The van der Waals surface area contributed by atoms with Crippen LogP contribution in [0.2, 0.25) is 0 Å². The second-order valence-electron chi connectivity index (χ2n) is 8.46. The molecule has 168 valence electrons. The van der Waals surface area contributed by atoms with Gasteiger partial charge in [-0.3, -0.25) is 4.79 Å². The van der Waals surface area contributed by atoms with Crippen molar-refractivity contribution < 1.29 is 18.3 Å². The average molecular weight is 440 g/mol. The fourth-order valence-electron chi connectivity index (χ4n) is 4.59. The predicted molar refractivity (Wildman–Crippen MR) is 117 cm³/mol. The fraction of sp³-hybridized carbons (Fsp3) is 0.375. The number of nitrogens with zero attached hydrogens (tertiary/aromatic N) is 3. The van der Waals surface area contributed by atoms with E-state index in [0.29, 0.717) is 17.8 Å². The quantitative estimate of drug-likeness (QED) is 0.791. The molecular formula is C24H26F2N4O2. The molecule has 2 heterocycles. The van der Waals surface area contributed by atoms with Gasteiger partial charge >= 0.3 is 5.91 Å². The van der Waals surface area contributed by atoms with Crippen molar-refractivity contribution in [2.45, 2.75) is 18.7 Å². The number of carbonyl (C=O) groups is 1. The van der Waals surface area contributed by atoms with Gasteiger partial charge in [-0.25, -0.2) is 19.2 Å².